The van der Waals surface area contributed by atoms with Crippen molar-refractivity contribution in [2.24, 2.45) is 0 Å². The number of anilines is 1. The number of nitrogens with one attached hydrogen (secondary N) is 1. The van der Waals surface area contributed by atoms with Crippen LogP contribution in [0.2, 0.25) is 0 Å². The maximum atomic E-state index is 11.9. The number of carbonyl (C=O) groups excluding carboxylic acids is 1. The molecule has 0 spiro atoms. The summed E-state index contributed by atoms with van der Waals surface area (Å²) in [7, 11) is 0. The van der Waals surface area contributed by atoms with Crippen molar-refractivity contribution in [2.45, 2.75) is 19.8 Å². The van der Waals surface area contributed by atoms with E-state index in [1.54, 1.807) is 24.3 Å². The van der Waals surface area contributed by atoms with Crippen LogP contribution in [-0.4, -0.2) is 16.1 Å². The van der Waals surface area contributed by atoms with Crippen LogP contribution in [0.4, 0.5) is 5.13 Å². The fraction of sp³-hybridized carbons (Fsp3) is 0.231. The van der Waals surface area contributed by atoms with Gasteiger partial charge in [0.15, 0.2) is 0 Å². The van der Waals surface area contributed by atoms with E-state index in [-0.39, 0.29) is 11.8 Å². The van der Waals surface area contributed by atoms with Gasteiger partial charge in [-0.2, -0.15) is 5.26 Å². The van der Waals surface area contributed by atoms with E-state index in [0.717, 1.165) is 5.01 Å². The van der Waals surface area contributed by atoms with E-state index < -0.39 is 0 Å². The summed E-state index contributed by atoms with van der Waals surface area (Å²) in [4.78, 5) is 11.9. The monoisotopic (exact) mass is 272 g/mol. The molecule has 0 fully saturated rings. The molecule has 1 N–H and O–H groups in total. The lowest BCUT2D eigenvalue weighted by atomic mass is 10.1. The van der Waals surface area contributed by atoms with E-state index in [9.17, 15) is 4.79 Å². The van der Waals surface area contributed by atoms with Crippen LogP contribution in [0, 0.1) is 11.3 Å². The zero-order valence-corrected chi connectivity index (χ0v) is 11.4. The van der Waals surface area contributed by atoms with E-state index >= 15 is 0 Å². The molecule has 0 atom stereocenters. The van der Waals surface area contributed by atoms with Gasteiger partial charge in [0, 0.05) is 11.5 Å². The van der Waals surface area contributed by atoms with Gasteiger partial charge in [0.25, 0.3) is 5.91 Å². The number of rotatable bonds is 3. The molecule has 0 aliphatic rings. The first-order valence-corrected chi connectivity index (χ1v) is 6.56. The smallest absolute Gasteiger partial charge is 0.257 e. The third kappa shape index (κ3) is 3.14. The normalized spacial score (nSPS) is 10.2. The zero-order chi connectivity index (χ0) is 13.8. The molecule has 2 rings (SSSR count). The molecule has 0 unspecified atom stereocenters. The van der Waals surface area contributed by atoms with E-state index in [1.807, 2.05) is 19.9 Å². The van der Waals surface area contributed by atoms with Crippen molar-refractivity contribution in [3.05, 3.63) is 40.4 Å². The lowest BCUT2D eigenvalue weighted by Crippen LogP contribution is -2.11. The average molecular weight is 272 g/mol. The lowest BCUT2D eigenvalue weighted by molar-refractivity contribution is 0.102. The van der Waals surface area contributed by atoms with Crippen LogP contribution in [0.15, 0.2) is 24.3 Å². The van der Waals surface area contributed by atoms with Crippen LogP contribution in [0.3, 0.4) is 0 Å². The minimum absolute atomic E-state index is 0.254. The third-order valence-electron chi connectivity index (χ3n) is 2.43. The molecule has 0 bridgehead atoms. The number of carbonyl (C=O) groups is 1. The van der Waals surface area contributed by atoms with Crippen molar-refractivity contribution >= 4 is 22.4 Å². The summed E-state index contributed by atoms with van der Waals surface area (Å²) < 4.78 is 0. The Morgan fingerprint density at radius 1 is 1.32 bits per heavy atom. The summed E-state index contributed by atoms with van der Waals surface area (Å²) in [6, 6.07) is 8.44. The van der Waals surface area contributed by atoms with Gasteiger partial charge >= 0.3 is 0 Å². The number of nitriles is 1. The molecule has 1 aromatic heterocycles. The SMILES string of the molecule is CC(C)c1nnc(NC(=O)c2ccc(C#N)cc2)s1. The van der Waals surface area contributed by atoms with Gasteiger partial charge in [-0.05, 0) is 24.3 Å². The minimum atomic E-state index is -0.254. The van der Waals surface area contributed by atoms with Crippen LogP contribution in [0.1, 0.15) is 40.7 Å². The molecule has 0 saturated heterocycles. The highest BCUT2D eigenvalue weighted by atomic mass is 32.1. The van der Waals surface area contributed by atoms with Crippen molar-refractivity contribution in [1.29, 1.82) is 5.26 Å². The highest BCUT2D eigenvalue weighted by molar-refractivity contribution is 7.15. The van der Waals surface area contributed by atoms with E-state index in [2.05, 4.69) is 15.5 Å². The maximum Gasteiger partial charge on any atom is 0.257 e. The quantitative estimate of drug-likeness (QED) is 0.931. The lowest BCUT2D eigenvalue weighted by Gasteiger charge is -2.00. The minimum Gasteiger partial charge on any atom is -0.296 e. The largest absolute Gasteiger partial charge is 0.296 e. The molecule has 2 aromatic rings. The Bertz CT molecular complexity index is 625. The van der Waals surface area contributed by atoms with Crippen LogP contribution >= 0.6 is 11.3 Å². The highest BCUT2D eigenvalue weighted by Crippen LogP contribution is 2.22. The van der Waals surface area contributed by atoms with Crippen molar-refractivity contribution in [3.8, 4) is 6.07 Å². The Morgan fingerprint density at radius 2 is 2.00 bits per heavy atom. The van der Waals surface area contributed by atoms with Crippen molar-refractivity contribution < 1.29 is 4.79 Å². The summed E-state index contributed by atoms with van der Waals surface area (Å²) in [5, 5.41) is 20.7. The number of hydrogen-bond donors (Lipinski definition) is 1. The first-order valence-electron chi connectivity index (χ1n) is 5.75. The fourth-order valence-corrected chi connectivity index (χ4v) is 2.12. The molecule has 0 saturated carbocycles. The molecular formula is C13H12N4OS. The van der Waals surface area contributed by atoms with E-state index in [4.69, 9.17) is 5.26 Å². The van der Waals surface area contributed by atoms with E-state index in [1.165, 1.54) is 11.3 Å². The van der Waals surface area contributed by atoms with Gasteiger partial charge in [-0.3, -0.25) is 10.1 Å². The third-order valence-corrected chi connectivity index (χ3v) is 3.57. The zero-order valence-electron chi connectivity index (χ0n) is 10.5. The van der Waals surface area contributed by atoms with E-state index in [0.29, 0.717) is 16.3 Å². The number of aromatic nitrogens is 2. The van der Waals surface area contributed by atoms with Crippen LogP contribution in [0.25, 0.3) is 0 Å². The Kier molecular flexibility index (Phi) is 3.88. The second-order valence-electron chi connectivity index (χ2n) is 4.24. The Hall–Kier alpha value is -2.26. The molecule has 96 valence electrons. The molecule has 1 amide bonds. The summed E-state index contributed by atoms with van der Waals surface area (Å²) in [6.45, 7) is 4.04. The molecule has 5 nitrogen and oxygen atoms in total. The van der Waals surface area contributed by atoms with Gasteiger partial charge in [-0.1, -0.05) is 25.2 Å². The molecule has 0 aliphatic carbocycles. The predicted molar refractivity (Wildman–Crippen MR) is 73.1 cm³/mol. The van der Waals surface area contributed by atoms with Crippen LogP contribution < -0.4 is 5.32 Å². The van der Waals surface area contributed by atoms with Gasteiger partial charge in [0.05, 0.1) is 11.6 Å². The molecule has 19 heavy (non-hydrogen) atoms. The second-order valence-corrected chi connectivity index (χ2v) is 5.25. The molecule has 0 radical (unpaired) electrons. The molecule has 6 heteroatoms. The van der Waals surface area contributed by atoms with Gasteiger partial charge in [0.2, 0.25) is 5.13 Å². The fourth-order valence-electron chi connectivity index (χ4n) is 1.38. The van der Waals surface area contributed by atoms with Gasteiger partial charge in [0.1, 0.15) is 5.01 Å². The summed E-state index contributed by atoms with van der Waals surface area (Å²) in [6.07, 6.45) is 0. The predicted octanol–water partition coefficient (Wildman–Crippen LogP) is 2.79. The number of benzene rings is 1. The van der Waals surface area contributed by atoms with Gasteiger partial charge in [-0.15, -0.1) is 10.2 Å². The number of hydrogen-bond acceptors (Lipinski definition) is 5. The summed E-state index contributed by atoms with van der Waals surface area (Å²) in [5.41, 5.74) is 1.01. The van der Waals surface area contributed by atoms with Crippen LogP contribution in [0.5, 0.6) is 0 Å². The topological polar surface area (TPSA) is 78.7 Å². The summed E-state index contributed by atoms with van der Waals surface area (Å²) in [5.74, 6) is 0.0361. The average Bonchev–Trinajstić information content (AvgIpc) is 2.87. The van der Waals surface area contributed by atoms with Gasteiger partial charge in [-0.25, -0.2) is 0 Å². The molecular weight excluding hydrogens is 260 g/mol. The number of amides is 1. The standard InChI is InChI=1S/C13H12N4OS/c1-8(2)12-16-17-13(19-12)15-11(18)10-5-3-9(7-14)4-6-10/h3-6,8H,1-2H3,(H,15,17,18). The molecule has 1 heterocycles. The van der Waals surface area contributed by atoms with Gasteiger partial charge < -0.3 is 0 Å². The number of nitrogens with zero attached hydrogens (tertiary/aromatic N) is 3. The van der Waals surface area contributed by atoms with Crippen LogP contribution in [-0.2, 0) is 0 Å². The summed E-state index contributed by atoms with van der Waals surface area (Å²) >= 11 is 1.37. The Labute approximate surface area is 114 Å². The Morgan fingerprint density at radius 3 is 2.53 bits per heavy atom. The van der Waals surface area contributed by atoms with Crippen molar-refractivity contribution in [2.75, 3.05) is 5.32 Å². The molecule has 0 aliphatic heterocycles. The highest BCUT2D eigenvalue weighted by Gasteiger charge is 2.11. The van der Waals surface area contributed by atoms with Crippen molar-refractivity contribution in [1.82, 2.24) is 10.2 Å². The first-order chi connectivity index (χ1) is 9.10. The first kappa shape index (κ1) is 13.2. The van der Waals surface area contributed by atoms with Crippen molar-refractivity contribution in [3.63, 3.8) is 0 Å². The Balaban J connectivity index is 2.09. The molecule has 1 aromatic carbocycles. The maximum absolute atomic E-state index is 11.9. The second kappa shape index (κ2) is 5.59.